The molecule has 0 spiro atoms. The van der Waals surface area contributed by atoms with Crippen LogP contribution in [0.2, 0.25) is 0 Å². The number of aromatic nitrogens is 1. The van der Waals surface area contributed by atoms with Gasteiger partial charge in [-0.05, 0) is 6.92 Å². The lowest BCUT2D eigenvalue weighted by Gasteiger charge is -1.98. The first-order valence-electron chi connectivity index (χ1n) is 6.41. The molecule has 1 aromatic heterocycles. The second kappa shape index (κ2) is 3.54. The molecule has 0 bridgehead atoms. The Labute approximate surface area is 94.4 Å². The van der Waals surface area contributed by atoms with Crippen molar-refractivity contribution >= 4 is 0 Å². The number of nitrogens with zero attached hydrogens (tertiary/aromatic N) is 1. The molecule has 0 radical (unpaired) electrons. The summed E-state index contributed by atoms with van der Waals surface area (Å²) in [6, 6.07) is 7.66. The minimum atomic E-state index is -2.26. The maximum Gasteiger partial charge on any atom is 0.350 e. The number of rotatable bonds is 1. The Balaban J connectivity index is 2.75. The van der Waals surface area contributed by atoms with E-state index in [1.165, 1.54) is 0 Å². The van der Waals surface area contributed by atoms with Gasteiger partial charge in [0.1, 0.15) is 0 Å². The molecule has 15 heavy (non-hydrogen) atoms. The van der Waals surface area contributed by atoms with Crippen molar-refractivity contribution < 1.29 is 13.1 Å². The molecule has 2 nitrogen and oxygen atoms in total. The highest BCUT2D eigenvalue weighted by Gasteiger charge is 2.22. The van der Waals surface area contributed by atoms with Gasteiger partial charge in [0.2, 0.25) is 11.4 Å². The van der Waals surface area contributed by atoms with Crippen LogP contribution in [-0.2, 0) is 0 Å². The van der Waals surface area contributed by atoms with Gasteiger partial charge < -0.3 is 4.42 Å². The molecule has 2 aromatic rings. The standard InChI is InChI=1S/C13H16NO/c1-9-7-5-6-8-13(9)14-10(2)11(3)15-12(14)4/h5-8H,1-4H3/q+1/i4D3. The van der Waals surface area contributed by atoms with E-state index in [4.69, 9.17) is 8.53 Å². The van der Waals surface area contributed by atoms with Gasteiger partial charge >= 0.3 is 5.89 Å². The highest BCUT2D eigenvalue weighted by atomic mass is 16.4. The van der Waals surface area contributed by atoms with Crippen molar-refractivity contribution in [2.75, 3.05) is 0 Å². The van der Waals surface area contributed by atoms with Gasteiger partial charge in [-0.2, -0.15) is 0 Å². The molecule has 0 aliphatic carbocycles. The fourth-order valence-corrected chi connectivity index (χ4v) is 1.68. The van der Waals surface area contributed by atoms with E-state index in [2.05, 4.69) is 0 Å². The highest BCUT2D eigenvalue weighted by molar-refractivity contribution is 5.32. The summed E-state index contributed by atoms with van der Waals surface area (Å²) in [7, 11) is 0. The van der Waals surface area contributed by atoms with E-state index < -0.39 is 6.85 Å². The Kier molecular flexibility index (Phi) is 1.61. The Morgan fingerprint density at radius 1 is 1.20 bits per heavy atom. The fraction of sp³-hybridized carbons (Fsp3) is 0.308. The zero-order chi connectivity index (χ0) is 13.5. The first kappa shape index (κ1) is 6.83. The lowest BCUT2D eigenvalue weighted by molar-refractivity contribution is -0.613. The Bertz CT molecular complexity index is 584. The summed E-state index contributed by atoms with van der Waals surface area (Å²) in [4.78, 5) is 0. The summed E-state index contributed by atoms with van der Waals surface area (Å²) >= 11 is 0. The van der Waals surface area contributed by atoms with Crippen LogP contribution in [0.25, 0.3) is 5.69 Å². The largest absolute Gasteiger partial charge is 0.407 e. The lowest BCUT2D eigenvalue weighted by atomic mass is 10.2. The van der Waals surface area contributed by atoms with E-state index in [1.54, 1.807) is 11.5 Å². The van der Waals surface area contributed by atoms with E-state index in [0.29, 0.717) is 5.76 Å². The van der Waals surface area contributed by atoms with E-state index in [1.807, 2.05) is 38.1 Å². The van der Waals surface area contributed by atoms with Crippen molar-refractivity contribution in [3.8, 4) is 5.69 Å². The molecule has 0 aliphatic heterocycles. The van der Waals surface area contributed by atoms with E-state index in [0.717, 1.165) is 16.9 Å². The van der Waals surface area contributed by atoms with Gasteiger partial charge in [-0.1, -0.05) is 18.2 Å². The molecule has 78 valence electrons. The molecular weight excluding hydrogens is 186 g/mol. The van der Waals surface area contributed by atoms with Crippen LogP contribution in [0.5, 0.6) is 0 Å². The Morgan fingerprint density at radius 2 is 1.93 bits per heavy atom. The molecule has 0 N–H and O–H groups in total. The van der Waals surface area contributed by atoms with Crippen molar-refractivity contribution in [1.29, 1.82) is 0 Å². The monoisotopic (exact) mass is 205 g/mol. The maximum atomic E-state index is 7.56. The normalized spacial score (nSPS) is 14.5. The summed E-state index contributed by atoms with van der Waals surface area (Å²) in [5.74, 6) is 0.635. The molecule has 0 atom stereocenters. The summed E-state index contributed by atoms with van der Waals surface area (Å²) in [5.41, 5.74) is 2.67. The molecule has 1 heterocycles. The average Bonchev–Trinajstić information content (AvgIpc) is 2.57. The first-order chi connectivity index (χ1) is 8.32. The van der Waals surface area contributed by atoms with E-state index in [9.17, 15) is 0 Å². The van der Waals surface area contributed by atoms with Gasteiger partial charge in [-0.15, -0.1) is 4.57 Å². The SMILES string of the molecule is [2H]C([2H])([2H])c1oc(C)c(C)[n+]1-c1ccccc1C. The maximum absolute atomic E-state index is 7.56. The van der Waals surface area contributed by atoms with E-state index >= 15 is 0 Å². The molecular formula is C13H16NO+. The zero-order valence-corrected chi connectivity index (χ0v) is 9.16. The van der Waals surface area contributed by atoms with Crippen molar-refractivity contribution in [1.82, 2.24) is 0 Å². The van der Waals surface area contributed by atoms with Crippen molar-refractivity contribution in [2.24, 2.45) is 0 Å². The predicted molar refractivity (Wildman–Crippen MR) is 59.2 cm³/mol. The third kappa shape index (κ3) is 1.56. The minimum Gasteiger partial charge on any atom is -0.407 e. The number of aryl methyl sites for hydroxylation is 3. The smallest absolute Gasteiger partial charge is 0.350 e. The summed E-state index contributed by atoms with van der Waals surface area (Å²) in [6.07, 6.45) is 0. The van der Waals surface area contributed by atoms with Crippen LogP contribution in [0, 0.1) is 27.6 Å². The molecule has 2 rings (SSSR count). The van der Waals surface area contributed by atoms with Gasteiger partial charge in [0.15, 0.2) is 5.76 Å². The van der Waals surface area contributed by atoms with Gasteiger partial charge in [0.25, 0.3) is 0 Å². The molecule has 0 saturated heterocycles. The second-order valence-corrected chi connectivity index (χ2v) is 3.67. The lowest BCUT2D eigenvalue weighted by Crippen LogP contribution is -2.35. The topological polar surface area (TPSA) is 17.0 Å². The van der Waals surface area contributed by atoms with Crippen LogP contribution >= 0.6 is 0 Å². The van der Waals surface area contributed by atoms with Crippen LogP contribution < -0.4 is 4.57 Å². The molecule has 0 amide bonds. The highest BCUT2D eigenvalue weighted by Crippen LogP contribution is 2.13. The van der Waals surface area contributed by atoms with Crippen LogP contribution in [0.3, 0.4) is 0 Å². The third-order valence-electron chi connectivity index (χ3n) is 2.65. The molecule has 0 unspecified atom stereocenters. The molecule has 1 aromatic carbocycles. The van der Waals surface area contributed by atoms with Gasteiger partial charge in [-0.3, -0.25) is 0 Å². The number of hydrogen-bond acceptors (Lipinski definition) is 1. The van der Waals surface area contributed by atoms with Crippen molar-refractivity contribution in [3.63, 3.8) is 0 Å². The Morgan fingerprint density at radius 3 is 2.60 bits per heavy atom. The second-order valence-electron chi connectivity index (χ2n) is 3.67. The number of oxazole rings is 1. The van der Waals surface area contributed by atoms with Gasteiger partial charge in [-0.25, -0.2) is 0 Å². The van der Waals surface area contributed by atoms with Crippen molar-refractivity contribution in [3.05, 3.63) is 47.2 Å². The number of para-hydroxylation sites is 1. The van der Waals surface area contributed by atoms with Crippen LogP contribution in [-0.4, -0.2) is 0 Å². The third-order valence-corrected chi connectivity index (χ3v) is 2.65. The zero-order valence-electron chi connectivity index (χ0n) is 12.2. The average molecular weight is 205 g/mol. The summed E-state index contributed by atoms with van der Waals surface area (Å²) in [6.45, 7) is 3.33. The molecule has 0 saturated carbocycles. The molecule has 0 fully saturated rings. The number of benzene rings is 1. The van der Waals surface area contributed by atoms with Gasteiger partial charge in [0, 0.05) is 29.6 Å². The molecule has 2 heteroatoms. The summed E-state index contributed by atoms with van der Waals surface area (Å²) in [5, 5.41) is 0. The molecule has 0 aliphatic rings. The van der Waals surface area contributed by atoms with Crippen LogP contribution in [0.15, 0.2) is 28.7 Å². The fourth-order valence-electron chi connectivity index (χ4n) is 1.68. The van der Waals surface area contributed by atoms with E-state index in [-0.39, 0.29) is 5.89 Å². The quantitative estimate of drug-likeness (QED) is 0.654. The van der Waals surface area contributed by atoms with Crippen LogP contribution in [0.1, 0.15) is 27.0 Å². The Hall–Kier alpha value is -1.57. The number of hydrogen-bond donors (Lipinski definition) is 0. The first-order valence-corrected chi connectivity index (χ1v) is 4.91. The van der Waals surface area contributed by atoms with Crippen molar-refractivity contribution in [2.45, 2.75) is 27.6 Å². The van der Waals surface area contributed by atoms with Crippen LogP contribution in [0.4, 0.5) is 0 Å². The summed E-state index contributed by atoms with van der Waals surface area (Å²) < 4.78 is 29.8. The minimum absolute atomic E-state index is 0.00630. The van der Waals surface area contributed by atoms with Gasteiger partial charge in [0.05, 0.1) is 6.85 Å². The predicted octanol–water partition coefficient (Wildman–Crippen LogP) is 2.79.